The molecule has 25 heavy (non-hydrogen) atoms. The molecule has 0 atom stereocenters. The van der Waals surface area contributed by atoms with E-state index in [4.69, 9.17) is 21.7 Å². The second-order valence-electron chi connectivity index (χ2n) is 5.15. The molecule has 3 aromatic rings. The highest BCUT2D eigenvalue weighted by molar-refractivity contribution is 7.71. The third-order valence-corrected chi connectivity index (χ3v) is 3.73. The number of aromatic nitrogens is 3. The van der Waals surface area contributed by atoms with Gasteiger partial charge in [-0.25, -0.2) is 5.10 Å². The van der Waals surface area contributed by atoms with Crippen LogP contribution in [-0.2, 0) is 0 Å². The van der Waals surface area contributed by atoms with Crippen LogP contribution >= 0.6 is 12.2 Å². The van der Waals surface area contributed by atoms with Crippen molar-refractivity contribution in [3.63, 3.8) is 0 Å². The standard InChI is InChI=1S/C18H18N4O2S/c1-3-24-16-9-5-7-14(11-16)17-20-21-18(25)22(17)19-12-13-6-4-8-15(10-13)23-2/h4-12H,3H2,1-2H3,(H,21,25). The van der Waals surface area contributed by atoms with Gasteiger partial charge in [-0.3, -0.25) is 0 Å². The summed E-state index contributed by atoms with van der Waals surface area (Å²) in [7, 11) is 1.63. The molecule has 6 nitrogen and oxygen atoms in total. The third-order valence-electron chi connectivity index (χ3n) is 3.47. The Morgan fingerprint density at radius 2 is 2.00 bits per heavy atom. The highest BCUT2D eigenvalue weighted by atomic mass is 32.1. The summed E-state index contributed by atoms with van der Waals surface area (Å²) in [5.74, 6) is 2.16. The lowest BCUT2D eigenvalue weighted by Crippen LogP contribution is -1.96. The minimum atomic E-state index is 0.413. The van der Waals surface area contributed by atoms with Crippen molar-refractivity contribution in [2.24, 2.45) is 5.10 Å². The fraction of sp³-hybridized carbons (Fsp3) is 0.167. The summed E-state index contributed by atoms with van der Waals surface area (Å²) in [6.45, 7) is 2.55. The SMILES string of the molecule is CCOc1cccc(-c2n[nH]c(=S)n2N=Cc2cccc(OC)c2)c1. The lowest BCUT2D eigenvalue weighted by atomic mass is 10.2. The molecule has 0 spiro atoms. The van der Waals surface area contributed by atoms with Crippen molar-refractivity contribution in [2.45, 2.75) is 6.92 Å². The maximum atomic E-state index is 5.54. The Balaban J connectivity index is 1.95. The lowest BCUT2D eigenvalue weighted by molar-refractivity contribution is 0.340. The molecular weight excluding hydrogens is 336 g/mol. The van der Waals surface area contributed by atoms with E-state index in [2.05, 4.69) is 15.3 Å². The molecule has 2 aromatic carbocycles. The van der Waals surface area contributed by atoms with E-state index in [9.17, 15) is 0 Å². The number of methoxy groups -OCH3 is 1. The maximum absolute atomic E-state index is 5.54. The molecule has 1 heterocycles. The average molecular weight is 354 g/mol. The zero-order valence-corrected chi connectivity index (χ0v) is 14.8. The number of rotatable bonds is 6. The Bertz CT molecular complexity index is 946. The summed E-state index contributed by atoms with van der Waals surface area (Å²) in [6, 6.07) is 15.3. The number of H-pyrrole nitrogens is 1. The van der Waals surface area contributed by atoms with Crippen molar-refractivity contribution in [2.75, 3.05) is 13.7 Å². The zero-order chi connectivity index (χ0) is 17.6. The fourth-order valence-corrected chi connectivity index (χ4v) is 2.50. The molecule has 0 amide bonds. The molecule has 7 heteroatoms. The number of nitrogens with one attached hydrogen (secondary N) is 1. The second-order valence-corrected chi connectivity index (χ2v) is 5.53. The first-order chi connectivity index (χ1) is 12.2. The van der Waals surface area contributed by atoms with Gasteiger partial charge in [0, 0.05) is 5.56 Å². The van der Waals surface area contributed by atoms with Gasteiger partial charge < -0.3 is 9.47 Å². The first-order valence-corrected chi connectivity index (χ1v) is 8.21. The van der Waals surface area contributed by atoms with Crippen LogP contribution in [0.3, 0.4) is 0 Å². The maximum Gasteiger partial charge on any atom is 0.216 e. The van der Waals surface area contributed by atoms with Crippen LogP contribution in [0.5, 0.6) is 11.5 Å². The van der Waals surface area contributed by atoms with Crippen LogP contribution in [0.4, 0.5) is 0 Å². The van der Waals surface area contributed by atoms with Crippen LogP contribution in [0.2, 0.25) is 0 Å². The van der Waals surface area contributed by atoms with E-state index in [0.29, 0.717) is 17.2 Å². The largest absolute Gasteiger partial charge is 0.497 e. The van der Waals surface area contributed by atoms with Crippen molar-refractivity contribution in [3.05, 3.63) is 58.9 Å². The highest BCUT2D eigenvalue weighted by Gasteiger charge is 2.09. The summed E-state index contributed by atoms with van der Waals surface area (Å²) in [6.07, 6.45) is 1.71. The second kappa shape index (κ2) is 7.76. The Labute approximate surface area is 150 Å². The zero-order valence-electron chi connectivity index (χ0n) is 14.0. The summed E-state index contributed by atoms with van der Waals surface area (Å²) in [5, 5.41) is 11.5. The van der Waals surface area contributed by atoms with Crippen molar-refractivity contribution in [1.82, 2.24) is 14.9 Å². The van der Waals surface area contributed by atoms with Crippen molar-refractivity contribution in [3.8, 4) is 22.9 Å². The molecular formula is C18H18N4O2S. The van der Waals surface area contributed by atoms with Gasteiger partial charge in [-0.1, -0.05) is 24.3 Å². The Kier molecular flexibility index (Phi) is 5.25. The third kappa shape index (κ3) is 3.95. The monoisotopic (exact) mass is 354 g/mol. The van der Waals surface area contributed by atoms with Gasteiger partial charge in [-0.05, 0) is 49.0 Å². The van der Waals surface area contributed by atoms with Crippen molar-refractivity contribution < 1.29 is 9.47 Å². The van der Waals surface area contributed by atoms with Gasteiger partial charge in [0.15, 0.2) is 5.82 Å². The van der Waals surface area contributed by atoms with Crippen LogP contribution in [0.1, 0.15) is 12.5 Å². The first kappa shape index (κ1) is 16.9. The average Bonchev–Trinajstić information content (AvgIpc) is 3.01. The van der Waals surface area contributed by atoms with Gasteiger partial charge >= 0.3 is 0 Å². The number of benzene rings is 2. The molecule has 0 radical (unpaired) electrons. The summed E-state index contributed by atoms with van der Waals surface area (Å²) in [4.78, 5) is 0. The van der Waals surface area contributed by atoms with E-state index in [0.717, 1.165) is 22.6 Å². The molecule has 1 N–H and O–H groups in total. The predicted molar refractivity (Wildman–Crippen MR) is 100 cm³/mol. The molecule has 3 rings (SSSR count). The van der Waals surface area contributed by atoms with Crippen LogP contribution in [-0.4, -0.2) is 34.8 Å². The van der Waals surface area contributed by atoms with Gasteiger partial charge in [0.2, 0.25) is 4.77 Å². The van der Waals surface area contributed by atoms with E-state index in [-0.39, 0.29) is 0 Å². The molecule has 0 aliphatic rings. The molecule has 0 fully saturated rings. The number of hydrogen-bond donors (Lipinski definition) is 1. The summed E-state index contributed by atoms with van der Waals surface area (Å²) in [5.41, 5.74) is 1.76. The van der Waals surface area contributed by atoms with Crippen LogP contribution in [0.15, 0.2) is 53.6 Å². The van der Waals surface area contributed by atoms with Gasteiger partial charge in [0.05, 0.1) is 19.9 Å². The number of hydrogen-bond acceptors (Lipinski definition) is 5. The number of aromatic amines is 1. The number of nitrogens with zero attached hydrogens (tertiary/aromatic N) is 3. The van der Waals surface area contributed by atoms with Crippen molar-refractivity contribution in [1.29, 1.82) is 0 Å². The quantitative estimate of drug-likeness (QED) is 0.539. The smallest absolute Gasteiger partial charge is 0.216 e. The van der Waals surface area contributed by atoms with Gasteiger partial charge in [-0.2, -0.15) is 14.9 Å². The van der Waals surface area contributed by atoms with E-state index in [1.54, 1.807) is 18.0 Å². The van der Waals surface area contributed by atoms with E-state index >= 15 is 0 Å². The van der Waals surface area contributed by atoms with Crippen LogP contribution < -0.4 is 9.47 Å². The predicted octanol–water partition coefficient (Wildman–Crippen LogP) is 3.90. The van der Waals surface area contributed by atoms with Gasteiger partial charge in [0.1, 0.15) is 11.5 Å². The first-order valence-electron chi connectivity index (χ1n) is 7.80. The Morgan fingerprint density at radius 1 is 1.20 bits per heavy atom. The molecule has 0 aliphatic heterocycles. The molecule has 0 saturated carbocycles. The normalized spacial score (nSPS) is 11.0. The summed E-state index contributed by atoms with van der Waals surface area (Å²) >= 11 is 5.30. The Morgan fingerprint density at radius 3 is 2.80 bits per heavy atom. The molecule has 0 aliphatic carbocycles. The van der Waals surface area contributed by atoms with Crippen LogP contribution in [0, 0.1) is 4.77 Å². The fourth-order valence-electron chi connectivity index (χ4n) is 2.32. The minimum absolute atomic E-state index is 0.413. The van der Waals surface area contributed by atoms with E-state index in [1.165, 1.54) is 0 Å². The van der Waals surface area contributed by atoms with E-state index in [1.807, 2.05) is 55.5 Å². The number of ether oxygens (including phenoxy) is 2. The van der Waals surface area contributed by atoms with Gasteiger partial charge in [0.25, 0.3) is 0 Å². The van der Waals surface area contributed by atoms with Crippen molar-refractivity contribution >= 4 is 18.4 Å². The molecule has 0 saturated heterocycles. The minimum Gasteiger partial charge on any atom is -0.497 e. The lowest BCUT2D eigenvalue weighted by Gasteiger charge is -2.05. The van der Waals surface area contributed by atoms with Crippen LogP contribution in [0.25, 0.3) is 11.4 Å². The van der Waals surface area contributed by atoms with Gasteiger partial charge in [-0.15, -0.1) is 0 Å². The molecule has 0 unspecified atom stereocenters. The highest BCUT2D eigenvalue weighted by Crippen LogP contribution is 2.22. The molecule has 128 valence electrons. The van der Waals surface area contributed by atoms with E-state index < -0.39 is 0 Å². The Hall–Kier alpha value is -2.93. The molecule has 0 bridgehead atoms. The summed E-state index contributed by atoms with van der Waals surface area (Å²) < 4.78 is 12.8. The molecule has 1 aromatic heterocycles. The topological polar surface area (TPSA) is 64.4 Å².